The minimum Gasteiger partial charge on any atom is -0.386 e. The second-order valence-electron chi connectivity index (χ2n) is 8.03. The number of morpholine rings is 1. The first-order chi connectivity index (χ1) is 16.1. The van der Waals surface area contributed by atoms with Crippen LogP contribution in [0.5, 0.6) is 0 Å². The lowest BCUT2D eigenvalue weighted by Crippen LogP contribution is -2.51. The summed E-state index contributed by atoms with van der Waals surface area (Å²) in [6, 6.07) is 21.9. The van der Waals surface area contributed by atoms with E-state index in [0.717, 1.165) is 11.3 Å². The lowest BCUT2D eigenvalue weighted by Gasteiger charge is -2.38. The van der Waals surface area contributed by atoms with Crippen LogP contribution >= 0.6 is 0 Å². The molecule has 1 aliphatic rings. The number of aryl methyl sites for hydroxylation is 1. The van der Waals surface area contributed by atoms with Gasteiger partial charge in [0.25, 0.3) is 0 Å². The van der Waals surface area contributed by atoms with Gasteiger partial charge in [-0.3, -0.25) is 14.6 Å². The van der Waals surface area contributed by atoms with Gasteiger partial charge in [0, 0.05) is 18.3 Å². The van der Waals surface area contributed by atoms with Crippen LogP contribution in [0.3, 0.4) is 0 Å². The Labute approximate surface area is 193 Å². The van der Waals surface area contributed by atoms with Crippen LogP contribution in [0.15, 0.2) is 79.0 Å². The fourth-order valence-corrected chi connectivity index (χ4v) is 3.87. The van der Waals surface area contributed by atoms with Crippen molar-refractivity contribution in [3.8, 4) is 0 Å². The lowest BCUT2D eigenvalue weighted by molar-refractivity contribution is -0.155. The molecule has 2 unspecified atom stereocenters. The summed E-state index contributed by atoms with van der Waals surface area (Å²) < 4.78 is 5.42. The molecule has 1 saturated heterocycles. The number of aromatic nitrogens is 1. The normalized spacial score (nSPS) is 16.9. The lowest BCUT2D eigenvalue weighted by atomic mass is 9.99. The molecule has 0 spiro atoms. The Morgan fingerprint density at radius 1 is 1.09 bits per heavy atom. The molecule has 4 rings (SSSR count). The third kappa shape index (κ3) is 6.03. The molecule has 2 amide bonds. The summed E-state index contributed by atoms with van der Waals surface area (Å²) in [4.78, 5) is 30.7. The molecule has 2 N–H and O–H groups in total. The maximum absolute atomic E-state index is 12.5. The van der Waals surface area contributed by atoms with Gasteiger partial charge in [-0.1, -0.05) is 48.5 Å². The molecule has 1 fully saturated rings. The number of amides is 2. The van der Waals surface area contributed by atoms with Gasteiger partial charge < -0.3 is 20.1 Å². The first-order valence-electron chi connectivity index (χ1n) is 11.0. The van der Waals surface area contributed by atoms with Gasteiger partial charge in [0.05, 0.1) is 24.9 Å². The van der Waals surface area contributed by atoms with E-state index in [2.05, 4.69) is 10.3 Å². The number of carbonyl (C=O) groups excluding carboxylic acids is 2. The van der Waals surface area contributed by atoms with E-state index in [1.165, 1.54) is 0 Å². The van der Waals surface area contributed by atoms with E-state index in [-0.39, 0.29) is 25.0 Å². The van der Waals surface area contributed by atoms with E-state index >= 15 is 0 Å². The molecule has 0 radical (unpaired) electrons. The number of nitrogens with zero attached hydrogens (tertiary/aromatic N) is 2. The van der Waals surface area contributed by atoms with Crippen LogP contribution in [0.2, 0.25) is 0 Å². The van der Waals surface area contributed by atoms with Crippen LogP contribution in [0, 0.1) is 0 Å². The topological polar surface area (TPSA) is 91.8 Å². The number of carbonyl (C=O) groups is 2. The molecule has 2 atom stereocenters. The number of nitrogens with one attached hydrogen (secondary N) is 1. The average Bonchev–Trinajstić information content (AvgIpc) is 2.85. The molecule has 3 aromatic rings. The summed E-state index contributed by atoms with van der Waals surface area (Å²) in [6.07, 6.45) is 1.81. The molecule has 0 aliphatic carbocycles. The maximum atomic E-state index is 12.5. The van der Waals surface area contributed by atoms with Crippen LogP contribution < -0.4 is 5.32 Å². The second-order valence-corrected chi connectivity index (χ2v) is 8.03. The Hall–Kier alpha value is -3.55. The van der Waals surface area contributed by atoms with Gasteiger partial charge in [0.2, 0.25) is 11.8 Å². The molecule has 7 nitrogen and oxygen atoms in total. The predicted molar refractivity (Wildman–Crippen MR) is 124 cm³/mol. The standard InChI is InChI=1S/C26H27N3O4/c30-24(14-9-19-6-2-1-3-7-19)28-21-12-10-20(11-13-21)26(32)23-17-33-18-25(31)29(23)16-22-8-4-5-15-27-22/h1-8,10-13,15,23,26,32H,9,14,16-18H2,(H,28,30). The molecule has 7 heteroatoms. The summed E-state index contributed by atoms with van der Waals surface area (Å²) in [5.41, 5.74) is 3.17. The zero-order valence-electron chi connectivity index (χ0n) is 18.3. The Morgan fingerprint density at radius 2 is 1.85 bits per heavy atom. The molecular weight excluding hydrogens is 418 g/mol. The molecular formula is C26H27N3O4. The SMILES string of the molecule is O=C(CCc1ccccc1)Nc1ccc(C(O)C2COCC(=O)N2Cc2ccccn2)cc1. The summed E-state index contributed by atoms with van der Waals surface area (Å²) in [7, 11) is 0. The smallest absolute Gasteiger partial charge is 0.249 e. The highest BCUT2D eigenvalue weighted by Crippen LogP contribution is 2.26. The van der Waals surface area contributed by atoms with Gasteiger partial charge in [0.15, 0.2) is 0 Å². The van der Waals surface area contributed by atoms with Crippen molar-refractivity contribution in [1.82, 2.24) is 9.88 Å². The fraction of sp³-hybridized carbons (Fsp3) is 0.269. The largest absolute Gasteiger partial charge is 0.386 e. The third-order valence-electron chi connectivity index (χ3n) is 5.68. The first kappa shape index (κ1) is 22.6. The van der Waals surface area contributed by atoms with E-state index in [0.29, 0.717) is 30.6 Å². The minimum absolute atomic E-state index is 0.00992. The van der Waals surface area contributed by atoms with Crippen molar-refractivity contribution >= 4 is 17.5 Å². The van der Waals surface area contributed by atoms with Crippen molar-refractivity contribution in [2.24, 2.45) is 0 Å². The first-order valence-corrected chi connectivity index (χ1v) is 11.0. The quantitative estimate of drug-likeness (QED) is 0.556. The van der Waals surface area contributed by atoms with E-state index in [4.69, 9.17) is 4.74 Å². The van der Waals surface area contributed by atoms with Crippen LogP contribution in [0.1, 0.15) is 29.3 Å². The monoisotopic (exact) mass is 445 g/mol. The van der Waals surface area contributed by atoms with Gasteiger partial charge >= 0.3 is 0 Å². The Kier molecular flexibility index (Phi) is 7.44. The summed E-state index contributed by atoms with van der Waals surface area (Å²) in [6.45, 7) is 0.530. The number of rotatable bonds is 8. The van der Waals surface area contributed by atoms with E-state index in [9.17, 15) is 14.7 Å². The molecule has 2 aromatic carbocycles. The summed E-state index contributed by atoms with van der Waals surface area (Å²) >= 11 is 0. The zero-order chi connectivity index (χ0) is 23.0. The molecule has 1 aromatic heterocycles. The number of aliphatic hydroxyl groups is 1. The Bertz CT molecular complexity index is 1060. The number of hydrogen-bond donors (Lipinski definition) is 2. The van der Waals surface area contributed by atoms with Crippen molar-refractivity contribution in [2.75, 3.05) is 18.5 Å². The van der Waals surface area contributed by atoms with Crippen molar-refractivity contribution in [3.63, 3.8) is 0 Å². The van der Waals surface area contributed by atoms with Crippen LogP contribution in [0.4, 0.5) is 5.69 Å². The van der Waals surface area contributed by atoms with Crippen LogP contribution in [0.25, 0.3) is 0 Å². The zero-order valence-corrected chi connectivity index (χ0v) is 18.3. The fourth-order valence-electron chi connectivity index (χ4n) is 3.87. The van der Waals surface area contributed by atoms with Crippen LogP contribution in [-0.2, 0) is 27.3 Å². The number of ether oxygens (including phenoxy) is 1. The summed E-state index contributed by atoms with van der Waals surface area (Å²) in [5.74, 6) is -0.252. The molecule has 2 heterocycles. The van der Waals surface area contributed by atoms with E-state index in [1.807, 2.05) is 48.5 Å². The van der Waals surface area contributed by atoms with Crippen molar-refractivity contribution in [1.29, 1.82) is 0 Å². The third-order valence-corrected chi connectivity index (χ3v) is 5.68. The summed E-state index contributed by atoms with van der Waals surface area (Å²) in [5, 5.41) is 13.9. The van der Waals surface area contributed by atoms with Gasteiger partial charge in [-0.25, -0.2) is 0 Å². The molecule has 33 heavy (non-hydrogen) atoms. The maximum Gasteiger partial charge on any atom is 0.249 e. The Balaban J connectivity index is 1.37. The molecule has 170 valence electrons. The Morgan fingerprint density at radius 3 is 2.58 bits per heavy atom. The minimum atomic E-state index is -0.930. The second kappa shape index (κ2) is 10.8. The number of hydrogen-bond acceptors (Lipinski definition) is 5. The predicted octanol–water partition coefficient (Wildman–Crippen LogP) is 3.11. The van der Waals surface area contributed by atoms with Gasteiger partial charge in [0.1, 0.15) is 12.7 Å². The van der Waals surface area contributed by atoms with Gasteiger partial charge in [-0.05, 0) is 41.8 Å². The highest BCUT2D eigenvalue weighted by Gasteiger charge is 2.34. The highest BCUT2D eigenvalue weighted by molar-refractivity contribution is 5.90. The molecule has 0 saturated carbocycles. The van der Waals surface area contributed by atoms with Gasteiger partial charge in [-0.2, -0.15) is 0 Å². The van der Waals surface area contributed by atoms with Crippen molar-refractivity contribution in [3.05, 3.63) is 95.8 Å². The molecule has 0 bridgehead atoms. The van der Waals surface area contributed by atoms with Crippen LogP contribution in [-0.4, -0.2) is 46.1 Å². The average molecular weight is 446 g/mol. The van der Waals surface area contributed by atoms with Crippen molar-refractivity contribution < 1.29 is 19.4 Å². The number of anilines is 1. The number of benzene rings is 2. The van der Waals surface area contributed by atoms with E-state index in [1.54, 1.807) is 35.4 Å². The van der Waals surface area contributed by atoms with Crippen molar-refractivity contribution in [2.45, 2.75) is 31.5 Å². The van der Waals surface area contributed by atoms with E-state index < -0.39 is 12.1 Å². The van der Waals surface area contributed by atoms with Gasteiger partial charge in [-0.15, -0.1) is 0 Å². The highest BCUT2D eigenvalue weighted by atomic mass is 16.5. The number of pyridine rings is 1. The molecule has 1 aliphatic heterocycles. The number of aliphatic hydroxyl groups excluding tert-OH is 1.